The van der Waals surface area contributed by atoms with Gasteiger partial charge >= 0.3 is 6.09 Å². The molecule has 7 heteroatoms. The van der Waals surface area contributed by atoms with E-state index in [0.717, 1.165) is 12.0 Å². The Hall–Kier alpha value is -3.19. The molecule has 1 N–H and O–H groups in total. The van der Waals surface area contributed by atoms with E-state index in [2.05, 4.69) is 19.2 Å². The molecular formula is C28H36N2O5. The summed E-state index contributed by atoms with van der Waals surface area (Å²) in [5, 5.41) is 2.89. The maximum absolute atomic E-state index is 12.9. The third-order valence-corrected chi connectivity index (χ3v) is 5.84. The van der Waals surface area contributed by atoms with Crippen LogP contribution in [0.1, 0.15) is 73.7 Å². The van der Waals surface area contributed by atoms with Gasteiger partial charge in [0.25, 0.3) is 11.8 Å². The number of hydrogen-bond acceptors (Lipinski definition) is 5. The Bertz CT molecular complexity index is 1010. The molecule has 1 heterocycles. The summed E-state index contributed by atoms with van der Waals surface area (Å²) in [5.41, 5.74) is 1.00. The minimum Gasteiger partial charge on any atom is -0.444 e. The lowest BCUT2D eigenvalue weighted by atomic mass is 9.82. The van der Waals surface area contributed by atoms with Gasteiger partial charge in [0.2, 0.25) is 0 Å². The van der Waals surface area contributed by atoms with Gasteiger partial charge in [0, 0.05) is 13.2 Å². The number of hydrogen-bond donors (Lipinski definition) is 1. The normalized spacial score (nSPS) is 14.6. The van der Waals surface area contributed by atoms with E-state index in [0.29, 0.717) is 30.8 Å². The van der Waals surface area contributed by atoms with Gasteiger partial charge in [-0.2, -0.15) is 0 Å². The van der Waals surface area contributed by atoms with Crippen LogP contribution in [0.2, 0.25) is 0 Å². The molecule has 2 aromatic carbocycles. The Kier molecular flexibility index (Phi) is 8.33. The number of imide groups is 1. The average Bonchev–Trinajstić information content (AvgIpc) is 3.01. The molecule has 7 nitrogen and oxygen atoms in total. The maximum Gasteiger partial charge on any atom is 0.407 e. The molecule has 0 radical (unpaired) electrons. The van der Waals surface area contributed by atoms with E-state index in [-0.39, 0.29) is 23.8 Å². The van der Waals surface area contributed by atoms with E-state index in [4.69, 9.17) is 9.47 Å². The fourth-order valence-electron chi connectivity index (χ4n) is 4.14. The van der Waals surface area contributed by atoms with Crippen molar-refractivity contribution in [2.45, 2.75) is 65.7 Å². The van der Waals surface area contributed by atoms with Crippen LogP contribution in [-0.4, -0.2) is 47.6 Å². The van der Waals surface area contributed by atoms with Gasteiger partial charge in [0.05, 0.1) is 23.8 Å². The van der Waals surface area contributed by atoms with Gasteiger partial charge in [-0.1, -0.05) is 56.3 Å². The van der Waals surface area contributed by atoms with E-state index in [1.54, 1.807) is 45.0 Å². The van der Waals surface area contributed by atoms with Gasteiger partial charge in [-0.3, -0.25) is 14.5 Å². The van der Waals surface area contributed by atoms with Crippen LogP contribution >= 0.6 is 0 Å². The summed E-state index contributed by atoms with van der Waals surface area (Å²) in [7, 11) is 0. The maximum atomic E-state index is 12.9. The van der Waals surface area contributed by atoms with E-state index < -0.39 is 17.7 Å². The molecule has 0 saturated heterocycles. The summed E-state index contributed by atoms with van der Waals surface area (Å²) in [5.74, 6) is -0.684. The summed E-state index contributed by atoms with van der Waals surface area (Å²) in [6.45, 7) is 10.7. The molecule has 0 aliphatic carbocycles. The minimum absolute atomic E-state index is 0.0693. The summed E-state index contributed by atoms with van der Waals surface area (Å²) in [6, 6.07) is 16.3. The topological polar surface area (TPSA) is 84.9 Å². The van der Waals surface area contributed by atoms with Gasteiger partial charge in [-0.25, -0.2) is 4.79 Å². The molecule has 3 rings (SSSR count). The average molecular weight is 481 g/mol. The van der Waals surface area contributed by atoms with Gasteiger partial charge < -0.3 is 14.8 Å². The zero-order valence-corrected chi connectivity index (χ0v) is 21.3. The highest BCUT2D eigenvalue weighted by atomic mass is 16.6. The number of fused-ring (bicyclic) bond motifs is 1. The second-order valence-electron chi connectivity index (χ2n) is 10.8. The summed E-state index contributed by atoms with van der Waals surface area (Å²) in [6.07, 6.45) is 0.707. The molecule has 1 atom stereocenters. The second kappa shape index (κ2) is 11.0. The highest BCUT2D eigenvalue weighted by Gasteiger charge is 2.38. The molecule has 188 valence electrons. The molecule has 1 aliphatic rings. The van der Waals surface area contributed by atoms with Crippen LogP contribution in [0.4, 0.5) is 4.79 Å². The largest absolute Gasteiger partial charge is 0.444 e. The first-order valence-electron chi connectivity index (χ1n) is 12.0. The number of nitrogens with one attached hydrogen (secondary N) is 1. The van der Waals surface area contributed by atoms with Crippen molar-refractivity contribution in [3.63, 3.8) is 0 Å². The Morgan fingerprint density at radius 2 is 1.49 bits per heavy atom. The van der Waals surface area contributed by atoms with Crippen molar-refractivity contribution in [1.29, 1.82) is 0 Å². The standard InChI is InChI=1S/C28H36N2O5/c1-27(2,3)35-26(33)29-21(18-30-24(31)22-13-9-10-14-23(22)25(30)32)17-28(4,5)15-16-34-19-20-11-7-6-8-12-20/h6-14,21H,15-19H2,1-5H3,(H,29,33)/t21-/m0/s1. The first-order valence-corrected chi connectivity index (χ1v) is 12.0. The molecule has 3 amide bonds. The lowest BCUT2D eigenvalue weighted by Gasteiger charge is -2.32. The van der Waals surface area contributed by atoms with Gasteiger partial charge in [-0.05, 0) is 56.7 Å². The quantitative estimate of drug-likeness (QED) is 0.373. The predicted octanol–water partition coefficient (Wildman–Crippen LogP) is 5.20. The number of rotatable bonds is 10. The molecule has 0 unspecified atom stereocenters. The van der Waals surface area contributed by atoms with Crippen LogP contribution in [0.25, 0.3) is 0 Å². The highest BCUT2D eigenvalue weighted by Crippen LogP contribution is 2.29. The number of nitrogens with zero attached hydrogens (tertiary/aromatic N) is 1. The van der Waals surface area contributed by atoms with Crippen molar-refractivity contribution in [3.8, 4) is 0 Å². The molecule has 0 bridgehead atoms. The van der Waals surface area contributed by atoms with Crippen molar-refractivity contribution in [1.82, 2.24) is 10.2 Å². The summed E-state index contributed by atoms with van der Waals surface area (Å²) < 4.78 is 11.3. The Morgan fingerprint density at radius 3 is 2.06 bits per heavy atom. The van der Waals surface area contributed by atoms with Crippen LogP contribution in [-0.2, 0) is 16.1 Å². The van der Waals surface area contributed by atoms with E-state index in [1.165, 1.54) is 4.90 Å². The third-order valence-electron chi connectivity index (χ3n) is 5.84. The zero-order valence-electron chi connectivity index (χ0n) is 21.3. The first kappa shape index (κ1) is 26.4. The van der Waals surface area contributed by atoms with E-state index in [9.17, 15) is 14.4 Å². The number of carbonyl (C=O) groups excluding carboxylic acids is 3. The van der Waals surface area contributed by atoms with Gasteiger partial charge in [-0.15, -0.1) is 0 Å². The molecule has 0 spiro atoms. The fourth-order valence-corrected chi connectivity index (χ4v) is 4.14. The van der Waals surface area contributed by atoms with Crippen molar-refractivity contribution in [2.24, 2.45) is 5.41 Å². The predicted molar refractivity (Wildman–Crippen MR) is 134 cm³/mol. The van der Waals surface area contributed by atoms with Crippen LogP contribution < -0.4 is 5.32 Å². The Morgan fingerprint density at radius 1 is 0.914 bits per heavy atom. The van der Waals surface area contributed by atoms with Crippen molar-refractivity contribution in [3.05, 3.63) is 71.3 Å². The lowest BCUT2D eigenvalue weighted by molar-refractivity contribution is 0.0430. The molecule has 1 aliphatic heterocycles. The molecule has 2 aromatic rings. The van der Waals surface area contributed by atoms with Crippen LogP contribution in [0, 0.1) is 5.41 Å². The Labute approximate surface area is 207 Å². The summed E-state index contributed by atoms with van der Waals surface area (Å²) >= 11 is 0. The number of ether oxygens (including phenoxy) is 2. The SMILES string of the molecule is CC(C)(CCOCc1ccccc1)C[C@@H](CN1C(=O)c2ccccc2C1=O)NC(=O)OC(C)(C)C. The lowest BCUT2D eigenvalue weighted by Crippen LogP contribution is -2.48. The second-order valence-corrected chi connectivity index (χ2v) is 10.8. The smallest absolute Gasteiger partial charge is 0.407 e. The van der Waals surface area contributed by atoms with E-state index >= 15 is 0 Å². The molecule has 0 fully saturated rings. The number of benzene rings is 2. The van der Waals surface area contributed by atoms with Crippen LogP contribution in [0.5, 0.6) is 0 Å². The van der Waals surface area contributed by atoms with Crippen molar-refractivity contribution >= 4 is 17.9 Å². The Balaban J connectivity index is 1.65. The number of amides is 3. The highest BCUT2D eigenvalue weighted by molar-refractivity contribution is 6.21. The van der Waals surface area contributed by atoms with E-state index in [1.807, 2.05) is 30.3 Å². The number of carbonyl (C=O) groups is 3. The first-order chi connectivity index (χ1) is 16.5. The molecule has 0 aromatic heterocycles. The monoisotopic (exact) mass is 480 g/mol. The molecular weight excluding hydrogens is 444 g/mol. The zero-order chi connectivity index (χ0) is 25.6. The molecule has 0 saturated carbocycles. The minimum atomic E-state index is -0.662. The van der Waals surface area contributed by atoms with Crippen molar-refractivity contribution in [2.75, 3.05) is 13.2 Å². The number of alkyl carbamates (subject to hydrolysis) is 1. The van der Waals surface area contributed by atoms with Crippen molar-refractivity contribution < 1.29 is 23.9 Å². The van der Waals surface area contributed by atoms with Crippen LogP contribution in [0.15, 0.2) is 54.6 Å². The third kappa shape index (κ3) is 7.65. The molecule has 35 heavy (non-hydrogen) atoms. The van der Waals surface area contributed by atoms with Gasteiger partial charge in [0.15, 0.2) is 0 Å². The summed E-state index contributed by atoms with van der Waals surface area (Å²) in [4.78, 5) is 39.6. The van der Waals surface area contributed by atoms with Crippen LogP contribution in [0.3, 0.4) is 0 Å². The fraction of sp³-hybridized carbons (Fsp3) is 0.464. The van der Waals surface area contributed by atoms with Gasteiger partial charge in [0.1, 0.15) is 5.60 Å².